The van der Waals surface area contributed by atoms with Crippen molar-refractivity contribution in [2.75, 3.05) is 26.2 Å². The number of aromatic nitrogens is 1. The Kier molecular flexibility index (Phi) is 6.06. The van der Waals surface area contributed by atoms with Crippen molar-refractivity contribution < 1.29 is 9.59 Å². The zero-order chi connectivity index (χ0) is 17.8. The first-order valence-electron chi connectivity index (χ1n) is 9.30. The highest BCUT2D eigenvalue weighted by Crippen LogP contribution is 2.22. The van der Waals surface area contributed by atoms with E-state index in [0.717, 1.165) is 47.9 Å². The molecule has 2 saturated heterocycles. The molecule has 138 valence electrons. The maximum atomic E-state index is 12.6. The van der Waals surface area contributed by atoms with Crippen LogP contribution in [0.4, 0.5) is 0 Å². The molecule has 0 spiro atoms. The van der Waals surface area contributed by atoms with Crippen LogP contribution in [0.3, 0.4) is 0 Å². The summed E-state index contributed by atoms with van der Waals surface area (Å²) in [7, 11) is 0. The fourth-order valence-corrected chi connectivity index (χ4v) is 4.59. The van der Waals surface area contributed by atoms with E-state index in [-0.39, 0.29) is 23.7 Å². The van der Waals surface area contributed by atoms with E-state index in [2.05, 4.69) is 22.5 Å². The summed E-state index contributed by atoms with van der Waals surface area (Å²) in [5, 5.41) is 7.43. The minimum Gasteiger partial charge on any atom is -0.351 e. The van der Waals surface area contributed by atoms with E-state index >= 15 is 0 Å². The molecule has 0 bridgehead atoms. The zero-order valence-electron chi connectivity index (χ0n) is 15.1. The van der Waals surface area contributed by atoms with Gasteiger partial charge in [-0.3, -0.25) is 9.59 Å². The fraction of sp³-hybridized carbons (Fsp3) is 0.722. The lowest BCUT2D eigenvalue weighted by atomic mass is 9.89. The van der Waals surface area contributed by atoms with E-state index in [9.17, 15) is 9.59 Å². The monoisotopic (exact) mass is 364 g/mol. The lowest BCUT2D eigenvalue weighted by molar-refractivity contribution is -0.136. The third-order valence-corrected chi connectivity index (χ3v) is 6.45. The molecule has 0 aromatic carbocycles. The number of hydrogen-bond acceptors (Lipinski definition) is 5. The van der Waals surface area contributed by atoms with Crippen molar-refractivity contribution >= 4 is 23.2 Å². The van der Waals surface area contributed by atoms with E-state index in [1.54, 1.807) is 11.3 Å². The quantitative estimate of drug-likeness (QED) is 0.830. The maximum absolute atomic E-state index is 12.6. The number of nitrogens with zero attached hydrogens (tertiary/aromatic N) is 2. The normalized spacial score (nSPS) is 23.7. The zero-order valence-corrected chi connectivity index (χ0v) is 16.0. The minimum absolute atomic E-state index is 0.0391. The molecule has 3 heterocycles. The van der Waals surface area contributed by atoms with E-state index in [0.29, 0.717) is 26.1 Å². The summed E-state index contributed by atoms with van der Waals surface area (Å²) in [6.45, 7) is 7.69. The third kappa shape index (κ3) is 4.39. The molecule has 0 aliphatic carbocycles. The SMILES string of the molecule is CCc1nc(C)c(CNC(=O)[C@H]2CNC[C@H](C(=O)N3CCCC3)C2)s1. The summed E-state index contributed by atoms with van der Waals surface area (Å²) >= 11 is 1.67. The van der Waals surface area contributed by atoms with Crippen molar-refractivity contribution in [2.45, 2.75) is 46.1 Å². The van der Waals surface area contributed by atoms with E-state index in [4.69, 9.17) is 0 Å². The molecule has 7 heteroatoms. The molecular formula is C18H28N4O2S. The number of hydrogen-bond donors (Lipinski definition) is 2. The van der Waals surface area contributed by atoms with Crippen molar-refractivity contribution in [3.05, 3.63) is 15.6 Å². The topological polar surface area (TPSA) is 74.3 Å². The first kappa shape index (κ1) is 18.3. The Balaban J connectivity index is 1.52. The van der Waals surface area contributed by atoms with E-state index in [1.807, 2.05) is 11.8 Å². The summed E-state index contributed by atoms with van der Waals surface area (Å²) in [6.07, 6.45) is 3.77. The molecule has 1 aromatic rings. The number of amides is 2. The molecule has 2 aliphatic rings. The highest BCUT2D eigenvalue weighted by molar-refractivity contribution is 7.11. The maximum Gasteiger partial charge on any atom is 0.226 e. The molecule has 0 radical (unpaired) electrons. The molecule has 0 saturated carbocycles. The van der Waals surface area contributed by atoms with Crippen LogP contribution in [0.1, 0.15) is 41.8 Å². The highest BCUT2D eigenvalue weighted by Gasteiger charge is 2.34. The Hall–Kier alpha value is -1.47. The van der Waals surface area contributed by atoms with Gasteiger partial charge in [0.15, 0.2) is 0 Å². The smallest absolute Gasteiger partial charge is 0.226 e. The van der Waals surface area contributed by atoms with Crippen molar-refractivity contribution in [1.29, 1.82) is 0 Å². The summed E-state index contributed by atoms with van der Waals surface area (Å²) in [5.41, 5.74) is 1.01. The van der Waals surface area contributed by atoms with Crippen LogP contribution in [0, 0.1) is 18.8 Å². The average molecular weight is 365 g/mol. The first-order valence-corrected chi connectivity index (χ1v) is 10.1. The highest BCUT2D eigenvalue weighted by atomic mass is 32.1. The lowest BCUT2D eigenvalue weighted by Crippen LogP contribution is -2.48. The van der Waals surface area contributed by atoms with Crippen molar-refractivity contribution in [2.24, 2.45) is 11.8 Å². The van der Waals surface area contributed by atoms with Crippen LogP contribution >= 0.6 is 11.3 Å². The molecule has 3 rings (SSSR count). The second-order valence-electron chi connectivity index (χ2n) is 7.01. The van der Waals surface area contributed by atoms with Crippen LogP contribution in [0.25, 0.3) is 0 Å². The van der Waals surface area contributed by atoms with Crippen LogP contribution < -0.4 is 10.6 Å². The summed E-state index contributed by atoms with van der Waals surface area (Å²) < 4.78 is 0. The number of piperidine rings is 1. The number of rotatable bonds is 5. The number of likely N-dealkylation sites (tertiary alicyclic amines) is 1. The van der Waals surface area contributed by atoms with E-state index < -0.39 is 0 Å². The van der Waals surface area contributed by atoms with Gasteiger partial charge in [0.2, 0.25) is 11.8 Å². The van der Waals surface area contributed by atoms with Crippen LogP contribution in [-0.4, -0.2) is 47.9 Å². The van der Waals surface area contributed by atoms with Crippen LogP contribution in [-0.2, 0) is 22.6 Å². The third-order valence-electron chi connectivity index (χ3n) is 5.15. The number of carbonyl (C=O) groups is 2. The number of aryl methyl sites for hydroxylation is 2. The van der Waals surface area contributed by atoms with Gasteiger partial charge in [0.05, 0.1) is 29.1 Å². The molecule has 6 nitrogen and oxygen atoms in total. The summed E-state index contributed by atoms with van der Waals surface area (Å²) in [6, 6.07) is 0. The lowest BCUT2D eigenvalue weighted by Gasteiger charge is -2.31. The van der Waals surface area contributed by atoms with Gasteiger partial charge in [0.1, 0.15) is 0 Å². The van der Waals surface area contributed by atoms with Gasteiger partial charge in [0.25, 0.3) is 0 Å². The molecule has 2 atom stereocenters. The Morgan fingerprint density at radius 3 is 2.68 bits per heavy atom. The van der Waals surface area contributed by atoms with Gasteiger partial charge in [-0.05, 0) is 32.6 Å². The van der Waals surface area contributed by atoms with Crippen LogP contribution in [0.2, 0.25) is 0 Å². The van der Waals surface area contributed by atoms with Gasteiger partial charge < -0.3 is 15.5 Å². The van der Waals surface area contributed by atoms with Crippen LogP contribution in [0.5, 0.6) is 0 Å². The molecule has 2 aliphatic heterocycles. The molecule has 1 aromatic heterocycles. The Labute approximate surface area is 153 Å². The van der Waals surface area contributed by atoms with Crippen molar-refractivity contribution in [3.63, 3.8) is 0 Å². The largest absolute Gasteiger partial charge is 0.351 e. The summed E-state index contributed by atoms with van der Waals surface area (Å²) in [4.78, 5) is 32.7. The Morgan fingerprint density at radius 1 is 1.28 bits per heavy atom. The Bertz CT molecular complexity index is 625. The first-order chi connectivity index (χ1) is 12.1. The molecule has 0 unspecified atom stereocenters. The van der Waals surface area contributed by atoms with Gasteiger partial charge in [0, 0.05) is 31.1 Å². The fourth-order valence-electron chi connectivity index (χ4n) is 3.64. The van der Waals surface area contributed by atoms with Gasteiger partial charge in [-0.2, -0.15) is 0 Å². The summed E-state index contributed by atoms with van der Waals surface area (Å²) in [5.74, 6) is 0.0503. The molecule has 2 fully saturated rings. The van der Waals surface area contributed by atoms with Gasteiger partial charge in [-0.1, -0.05) is 6.92 Å². The van der Waals surface area contributed by atoms with Crippen LogP contribution in [0.15, 0.2) is 0 Å². The standard InChI is InChI=1S/C18H28N4O2S/c1-3-16-21-12(2)15(25-16)11-20-17(23)13-8-14(10-19-9-13)18(24)22-6-4-5-7-22/h13-14,19H,3-11H2,1-2H3,(H,20,23)/t13-,14-/m1/s1. The second kappa shape index (κ2) is 8.27. The van der Waals surface area contributed by atoms with Gasteiger partial charge in [-0.15, -0.1) is 11.3 Å². The number of thiazole rings is 1. The van der Waals surface area contributed by atoms with Gasteiger partial charge >= 0.3 is 0 Å². The van der Waals surface area contributed by atoms with Crippen molar-refractivity contribution in [3.8, 4) is 0 Å². The predicted octanol–water partition coefficient (Wildman–Crippen LogP) is 1.48. The minimum atomic E-state index is -0.135. The number of nitrogens with one attached hydrogen (secondary N) is 2. The number of carbonyl (C=O) groups excluding carboxylic acids is 2. The second-order valence-corrected chi connectivity index (χ2v) is 8.18. The molecule has 2 amide bonds. The molecular weight excluding hydrogens is 336 g/mol. The average Bonchev–Trinajstić information content (AvgIpc) is 3.29. The molecule has 25 heavy (non-hydrogen) atoms. The van der Waals surface area contributed by atoms with E-state index in [1.165, 1.54) is 0 Å². The Morgan fingerprint density at radius 2 is 2.00 bits per heavy atom. The van der Waals surface area contributed by atoms with Crippen molar-refractivity contribution in [1.82, 2.24) is 20.5 Å². The molecule has 2 N–H and O–H groups in total. The van der Waals surface area contributed by atoms with Gasteiger partial charge in [-0.25, -0.2) is 4.98 Å². The predicted molar refractivity (Wildman–Crippen MR) is 98.4 cm³/mol.